The number of nitrogens with zero attached hydrogens (tertiary/aromatic N) is 1. The first-order valence-corrected chi connectivity index (χ1v) is 3.92. The van der Waals surface area contributed by atoms with Gasteiger partial charge in [-0.1, -0.05) is 11.6 Å². The van der Waals surface area contributed by atoms with Crippen LogP contribution in [0.25, 0.3) is 0 Å². The van der Waals surface area contributed by atoms with E-state index in [1.54, 1.807) is 0 Å². The quantitative estimate of drug-likeness (QED) is 0.773. The van der Waals surface area contributed by atoms with Crippen molar-refractivity contribution in [1.29, 1.82) is 0 Å². The van der Waals surface area contributed by atoms with Gasteiger partial charge in [0, 0.05) is 5.56 Å². The van der Waals surface area contributed by atoms with Gasteiger partial charge in [-0.3, -0.25) is 0 Å². The molecule has 2 nitrogen and oxygen atoms in total. The minimum Gasteiger partial charge on any atom is -0.382 e. The highest BCUT2D eigenvalue weighted by atomic mass is 35.5. The van der Waals surface area contributed by atoms with Crippen LogP contribution in [0.3, 0.4) is 0 Å². The summed E-state index contributed by atoms with van der Waals surface area (Å²) in [6.45, 7) is 0. The Balaban J connectivity index is 3.36. The molecule has 0 fully saturated rings. The van der Waals surface area contributed by atoms with E-state index in [0.717, 1.165) is 0 Å². The van der Waals surface area contributed by atoms with E-state index >= 15 is 0 Å². The zero-order valence-electron chi connectivity index (χ0n) is 6.95. The van der Waals surface area contributed by atoms with Gasteiger partial charge in [-0.25, -0.2) is 13.8 Å². The Bertz CT molecular complexity index is 376. The maximum atomic E-state index is 12.2. The monoisotopic (exact) mass is 246 g/mol. The molecule has 0 radical (unpaired) electrons. The minimum atomic E-state index is -4.83. The van der Waals surface area contributed by atoms with Crippen molar-refractivity contribution < 1.29 is 22.0 Å². The van der Waals surface area contributed by atoms with Gasteiger partial charge in [-0.15, -0.1) is 0 Å². The van der Waals surface area contributed by atoms with Crippen molar-refractivity contribution in [2.75, 3.05) is 5.73 Å². The predicted octanol–water partition coefficient (Wildman–Crippen LogP) is 3.27. The lowest BCUT2D eigenvalue weighted by Gasteiger charge is -2.10. The third-order valence-corrected chi connectivity index (χ3v) is 1.95. The number of anilines is 1. The van der Waals surface area contributed by atoms with Crippen molar-refractivity contribution in [3.05, 3.63) is 22.3 Å². The molecule has 84 valence electrons. The highest BCUT2D eigenvalue weighted by molar-refractivity contribution is 6.33. The van der Waals surface area contributed by atoms with Gasteiger partial charge in [0.15, 0.2) is 0 Å². The summed E-state index contributed by atoms with van der Waals surface area (Å²) in [4.78, 5) is 2.87. The maximum absolute atomic E-state index is 12.2. The molecule has 0 saturated carbocycles. The van der Waals surface area contributed by atoms with E-state index < -0.39 is 34.7 Å². The molecule has 0 amide bonds. The van der Waals surface area contributed by atoms with Gasteiger partial charge < -0.3 is 5.73 Å². The molecule has 0 spiro atoms. The number of pyridine rings is 1. The number of halogens is 6. The Morgan fingerprint density at radius 1 is 1.33 bits per heavy atom. The molecule has 0 bridgehead atoms. The Hall–Kier alpha value is -1.11. The largest absolute Gasteiger partial charge is 0.433 e. The van der Waals surface area contributed by atoms with Crippen LogP contribution in [-0.2, 0) is 6.18 Å². The van der Waals surface area contributed by atoms with E-state index in [1.807, 2.05) is 0 Å². The third kappa shape index (κ3) is 2.47. The topological polar surface area (TPSA) is 38.9 Å². The van der Waals surface area contributed by atoms with E-state index in [4.69, 9.17) is 17.3 Å². The molecule has 0 aliphatic carbocycles. The average Bonchev–Trinajstić information content (AvgIpc) is 2.06. The van der Waals surface area contributed by atoms with Gasteiger partial charge >= 0.3 is 6.18 Å². The molecule has 0 aliphatic rings. The molecule has 15 heavy (non-hydrogen) atoms. The zero-order chi connectivity index (χ0) is 11.8. The summed E-state index contributed by atoms with van der Waals surface area (Å²) < 4.78 is 60.9. The van der Waals surface area contributed by atoms with E-state index in [0.29, 0.717) is 0 Å². The molecule has 8 heteroatoms. The van der Waals surface area contributed by atoms with Crippen LogP contribution in [0, 0.1) is 0 Å². The molecular weight excluding hydrogens is 243 g/mol. The Morgan fingerprint density at radius 3 is 2.27 bits per heavy atom. The molecule has 1 rings (SSSR count). The molecular formula is C7H4ClF5N2. The van der Waals surface area contributed by atoms with Gasteiger partial charge in [0.05, 0.1) is 5.02 Å². The second-order valence-electron chi connectivity index (χ2n) is 2.59. The van der Waals surface area contributed by atoms with E-state index in [9.17, 15) is 22.0 Å². The summed E-state index contributed by atoms with van der Waals surface area (Å²) in [7, 11) is 0. The summed E-state index contributed by atoms with van der Waals surface area (Å²) in [5.41, 5.74) is 2.52. The SMILES string of the molecule is Nc1nc(C(F)(F)F)cc(C(F)F)c1Cl. The standard InChI is InChI=1S/C7H4ClF5N2/c8-4-2(5(9)10)1-3(7(11,12)13)15-6(4)14/h1,5H,(H2,14,15). The zero-order valence-corrected chi connectivity index (χ0v) is 7.70. The smallest absolute Gasteiger partial charge is 0.382 e. The van der Waals surface area contributed by atoms with Crippen LogP contribution in [-0.4, -0.2) is 4.98 Å². The normalized spacial score (nSPS) is 12.2. The number of nitrogens with two attached hydrogens (primary N) is 1. The third-order valence-electron chi connectivity index (χ3n) is 1.54. The van der Waals surface area contributed by atoms with Crippen molar-refractivity contribution >= 4 is 17.4 Å². The van der Waals surface area contributed by atoms with Crippen molar-refractivity contribution in [2.24, 2.45) is 0 Å². The van der Waals surface area contributed by atoms with E-state index in [1.165, 1.54) is 0 Å². The number of alkyl halides is 5. The number of rotatable bonds is 1. The van der Waals surface area contributed by atoms with Crippen LogP contribution < -0.4 is 5.73 Å². The molecule has 0 unspecified atom stereocenters. The summed E-state index contributed by atoms with van der Waals surface area (Å²) in [5, 5.41) is -0.655. The molecule has 0 aromatic carbocycles. The van der Waals surface area contributed by atoms with Gasteiger partial charge in [-0.05, 0) is 6.07 Å². The Kier molecular flexibility index (Phi) is 3.03. The lowest BCUT2D eigenvalue weighted by Crippen LogP contribution is -2.11. The molecule has 1 heterocycles. The van der Waals surface area contributed by atoms with Crippen molar-refractivity contribution in [1.82, 2.24) is 4.98 Å². The first-order valence-electron chi connectivity index (χ1n) is 3.54. The van der Waals surface area contributed by atoms with Crippen molar-refractivity contribution in [3.8, 4) is 0 Å². The van der Waals surface area contributed by atoms with Crippen LogP contribution in [0.2, 0.25) is 5.02 Å². The minimum absolute atomic E-state index is 0.184. The first-order chi connectivity index (χ1) is 6.73. The van der Waals surface area contributed by atoms with Gasteiger partial charge in [0.25, 0.3) is 6.43 Å². The summed E-state index contributed by atoms with van der Waals surface area (Å²) >= 11 is 5.28. The fourth-order valence-electron chi connectivity index (χ4n) is 0.874. The van der Waals surface area contributed by atoms with Gasteiger partial charge in [-0.2, -0.15) is 13.2 Å². The molecule has 0 aliphatic heterocycles. The van der Waals surface area contributed by atoms with E-state index in [2.05, 4.69) is 4.98 Å². The molecule has 2 N–H and O–H groups in total. The maximum Gasteiger partial charge on any atom is 0.433 e. The highest BCUT2D eigenvalue weighted by Crippen LogP contribution is 2.36. The summed E-state index contributed by atoms with van der Waals surface area (Å²) in [6.07, 6.45) is -7.97. The second kappa shape index (κ2) is 3.80. The molecule has 0 saturated heterocycles. The number of hydrogen-bond donors (Lipinski definition) is 1. The van der Waals surface area contributed by atoms with Crippen LogP contribution >= 0.6 is 11.6 Å². The van der Waals surface area contributed by atoms with Gasteiger partial charge in [0.1, 0.15) is 11.5 Å². The van der Waals surface area contributed by atoms with Crippen molar-refractivity contribution in [2.45, 2.75) is 12.6 Å². The predicted molar refractivity (Wildman–Crippen MR) is 43.6 cm³/mol. The van der Waals surface area contributed by atoms with Crippen molar-refractivity contribution in [3.63, 3.8) is 0 Å². The Morgan fingerprint density at radius 2 is 1.87 bits per heavy atom. The van der Waals surface area contributed by atoms with E-state index in [-0.39, 0.29) is 6.07 Å². The van der Waals surface area contributed by atoms with Crippen LogP contribution in [0.15, 0.2) is 6.07 Å². The number of nitrogen functional groups attached to an aromatic ring is 1. The van der Waals surface area contributed by atoms with Gasteiger partial charge in [0.2, 0.25) is 0 Å². The van der Waals surface area contributed by atoms with Crippen LogP contribution in [0.1, 0.15) is 17.7 Å². The highest BCUT2D eigenvalue weighted by Gasteiger charge is 2.34. The number of aromatic nitrogens is 1. The molecule has 1 aromatic heterocycles. The number of hydrogen-bond acceptors (Lipinski definition) is 2. The molecule has 0 atom stereocenters. The summed E-state index contributed by atoms with van der Waals surface area (Å²) in [5.74, 6) is -0.762. The fourth-order valence-corrected chi connectivity index (χ4v) is 1.05. The lowest BCUT2D eigenvalue weighted by molar-refractivity contribution is -0.141. The second-order valence-corrected chi connectivity index (χ2v) is 2.97. The van der Waals surface area contributed by atoms with Crippen LogP contribution in [0.4, 0.5) is 27.8 Å². The average molecular weight is 247 g/mol. The lowest BCUT2D eigenvalue weighted by atomic mass is 10.2. The fraction of sp³-hybridized carbons (Fsp3) is 0.286. The summed E-state index contributed by atoms with van der Waals surface area (Å²) in [6, 6.07) is 0.184. The molecule has 1 aromatic rings. The first kappa shape index (κ1) is 12.0. The van der Waals surface area contributed by atoms with Crippen LogP contribution in [0.5, 0.6) is 0 Å². The Labute approximate surface area is 85.9 Å².